The highest BCUT2D eigenvalue weighted by Gasteiger charge is 2.49. The molecule has 0 unspecified atom stereocenters. The largest absolute Gasteiger partial charge is 0.467 e. The number of rotatable bonds is 3. The van der Waals surface area contributed by atoms with Gasteiger partial charge in [-0.1, -0.05) is 30.3 Å². The molecule has 1 aliphatic heterocycles. The molecular weight excluding hydrogens is 242 g/mol. The maximum atomic E-state index is 12.1. The van der Waals surface area contributed by atoms with Gasteiger partial charge in [0.15, 0.2) is 5.78 Å². The smallest absolute Gasteiger partial charge is 0.332 e. The lowest BCUT2D eigenvalue weighted by Gasteiger charge is -2.30. The average Bonchev–Trinajstić information content (AvgIpc) is 2.78. The first-order valence-electron chi connectivity index (χ1n) is 6.12. The lowest BCUT2D eigenvalue weighted by atomic mass is 9.77. The van der Waals surface area contributed by atoms with Crippen molar-refractivity contribution in [2.75, 3.05) is 7.11 Å². The number of benzene rings is 1. The number of nitrogens with one attached hydrogen (secondary N) is 1. The Balaban J connectivity index is 2.50. The van der Waals surface area contributed by atoms with E-state index in [1.165, 1.54) is 14.0 Å². The summed E-state index contributed by atoms with van der Waals surface area (Å²) in [6, 6.07) is 9.51. The zero-order valence-corrected chi connectivity index (χ0v) is 11.3. The molecule has 0 saturated heterocycles. The van der Waals surface area contributed by atoms with E-state index >= 15 is 0 Å². The highest BCUT2D eigenvalue weighted by Crippen LogP contribution is 2.40. The van der Waals surface area contributed by atoms with Gasteiger partial charge in [-0.25, -0.2) is 4.79 Å². The van der Waals surface area contributed by atoms with Gasteiger partial charge in [-0.3, -0.25) is 4.79 Å². The van der Waals surface area contributed by atoms with Gasteiger partial charge in [-0.2, -0.15) is 0 Å². The summed E-state index contributed by atoms with van der Waals surface area (Å²) in [7, 11) is 1.35. The van der Waals surface area contributed by atoms with E-state index in [1.807, 2.05) is 30.3 Å². The number of ketones is 1. The number of hydrogen-bond donors (Lipinski definition) is 1. The molecule has 1 aliphatic rings. The van der Waals surface area contributed by atoms with Gasteiger partial charge < -0.3 is 10.1 Å². The Kier molecular flexibility index (Phi) is 3.42. The predicted molar refractivity (Wildman–Crippen MR) is 71.5 cm³/mol. The minimum atomic E-state index is -0.947. The molecule has 0 spiro atoms. The zero-order chi connectivity index (χ0) is 14.0. The van der Waals surface area contributed by atoms with E-state index in [2.05, 4.69) is 5.32 Å². The highest BCUT2D eigenvalue weighted by atomic mass is 16.5. The first-order chi connectivity index (χ1) is 9.00. The topological polar surface area (TPSA) is 55.4 Å². The van der Waals surface area contributed by atoms with Crippen LogP contribution < -0.4 is 5.32 Å². The fourth-order valence-corrected chi connectivity index (χ4v) is 2.56. The van der Waals surface area contributed by atoms with Gasteiger partial charge in [0.05, 0.1) is 7.11 Å². The molecule has 2 atom stereocenters. The molecule has 1 heterocycles. The third-order valence-electron chi connectivity index (χ3n) is 3.56. The summed E-state index contributed by atoms with van der Waals surface area (Å²) < 4.78 is 4.87. The number of carbonyl (C=O) groups is 2. The van der Waals surface area contributed by atoms with Crippen LogP contribution in [-0.4, -0.2) is 24.4 Å². The molecule has 0 amide bonds. The van der Waals surface area contributed by atoms with Crippen LogP contribution in [0.5, 0.6) is 0 Å². The third-order valence-corrected chi connectivity index (χ3v) is 3.56. The molecule has 4 nitrogen and oxygen atoms in total. The van der Waals surface area contributed by atoms with Crippen molar-refractivity contribution in [1.82, 2.24) is 5.32 Å². The maximum absolute atomic E-state index is 12.1. The van der Waals surface area contributed by atoms with Crippen molar-refractivity contribution in [3.63, 3.8) is 0 Å². The van der Waals surface area contributed by atoms with Gasteiger partial charge in [-0.15, -0.1) is 0 Å². The predicted octanol–water partition coefficient (Wildman–Crippen LogP) is 1.78. The molecule has 0 fully saturated rings. The molecule has 0 aliphatic carbocycles. The lowest BCUT2D eigenvalue weighted by molar-refractivity contribution is -0.147. The van der Waals surface area contributed by atoms with Crippen molar-refractivity contribution in [3.05, 3.63) is 47.7 Å². The number of methoxy groups -OCH3 is 1. The van der Waals surface area contributed by atoms with Crippen LogP contribution in [-0.2, 0) is 14.3 Å². The quantitative estimate of drug-likeness (QED) is 0.841. The van der Waals surface area contributed by atoms with Crippen LogP contribution in [0.1, 0.15) is 25.3 Å². The van der Waals surface area contributed by atoms with Crippen LogP contribution in [0.4, 0.5) is 0 Å². The second-order valence-electron chi connectivity index (χ2n) is 4.84. The van der Waals surface area contributed by atoms with E-state index in [1.54, 1.807) is 13.1 Å². The second-order valence-corrected chi connectivity index (χ2v) is 4.84. The van der Waals surface area contributed by atoms with E-state index in [-0.39, 0.29) is 17.7 Å². The van der Waals surface area contributed by atoms with Crippen molar-refractivity contribution in [2.24, 2.45) is 0 Å². The minimum Gasteiger partial charge on any atom is -0.467 e. The van der Waals surface area contributed by atoms with Crippen LogP contribution in [0.15, 0.2) is 42.1 Å². The highest BCUT2D eigenvalue weighted by molar-refractivity contribution is 5.98. The number of esters is 1. The van der Waals surface area contributed by atoms with Gasteiger partial charge in [0, 0.05) is 17.7 Å². The van der Waals surface area contributed by atoms with Gasteiger partial charge in [0.1, 0.15) is 5.54 Å². The number of carbonyl (C=O) groups excluding carboxylic acids is 2. The molecule has 1 aromatic carbocycles. The van der Waals surface area contributed by atoms with Gasteiger partial charge in [0.2, 0.25) is 0 Å². The Morgan fingerprint density at radius 1 is 1.26 bits per heavy atom. The molecule has 19 heavy (non-hydrogen) atoms. The molecule has 4 heteroatoms. The fourth-order valence-electron chi connectivity index (χ4n) is 2.56. The molecule has 2 rings (SSSR count). The summed E-state index contributed by atoms with van der Waals surface area (Å²) in [5, 5.41) is 3.01. The number of hydrogen-bond acceptors (Lipinski definition) is 4. The molecule has 0 saturated carbocycles. The van der Waals surface area contributed by atoms with Crippen LogP contribution in [0.2, 0.25) is 0 Å². The Labute approximate surface area is 112 Å². The van der Waals surface area contributed by atoms with Crippen LogP contribution >= 0.6 is 0 Å². The molecule has 0 radical (unpaired) electrons. The zero-order valence-electron chi connectivity index (χ0n) is 11.3. The summed E-state index contributed by atoms with van der Waals surface area (Å²) in [5.74, 6) is -0.763. The number of ether oxygens (including phenoxy) is 1. The van der Waals surface area contributed by atoms with Crippen molar-refractivity contribution in [1.29, 1.82) is 0 Å². The Morgan fingerprint density at radius 3 is 2.42 bits per heavy atom. The second kappa shape index (κ2) is 4.88. The molecule has 1 aromatic rings. The third kappa shape index (κ3) is 2.14. The number of Topliss-reactive ketones (excluding diaryl/α,β-unsaturated/α-hetero) is 1. The Bertz CT molecular complexity index is 536. The van der Waals surface area contributed by atoms with E-state index in [0.717, 1.165) is 5.56 Å². The van der Waals surface area contributed by atoms with E-state index < -0.39 is 5.54 Å². The SMILES string of the molecule is COC(=O)[C@@]1(C)NC=C(C(C)=O)[C@H]1c1ccccc1. The van der Waals surface area contributed by atoms with E-state index in [0.29, 0.717) is 5.57 Å². The monoisotopic (exact) mass is 259 g/mol. The molecule has 0 aromatic heterocycles. The van der Waals surface area contributed by atoms with Crippen LogP contribution in [0.25, 0.3) is 0 Å². The normalized spacial score (nSPS) is 25.4. The first kappa shape index (κ1) is 13.3. The summed E-state index contributed by atoms with van der Waals surface area (Å²) in [6.07, 6.45) is 1.62. The summed E-state index contributed by atoms with van der Waals surface area (Å²) >= 11 is 0. The van der Waals surface area contributed by atoms with Crippen LogP contribution in [0.3, 0.4) is 0 Å². The summed E-state index contributed by atoms with van der Waals surface area (Å²) in [5.41, 5.74) is 0.567. The fraction of sp³-hybridized carbons (Fsp3) is 0.333. The Hall–Kier alpha value is -2.10. The van der Waals surface area contributed by atoms with E-state index in [4.69, 9.17) is 4.74 Å². The first-order valence-corrected chi connectivity index (χ1v) is 6.12. The van der Waals surface area contributed by atoms with Crippen LogP contribution in [0, 0.1) is 0 Å². The van der Waals surface area contributed by atoms with Gasteiger partial charge in [0.25, 0.3) is 0 Å². The van der Waals surface area contributed by atoms with Crippen molar-refractivity contribution < 1.29 is 14.3 Å². The maximum Gasteiger partial charge on any atom is 0.332 e. The van der Waals surface area contributed by atoms with Crippen molar-refractivity contribution >= 4 is 11.8 Å². The molecule has 0 bridgehead atoms. The lowest BCUT2D eigenvalue weighted by Crippen LogP contribution is -2.49. The van der Waals surface area contributed by atoms with Crippen molar-refractivity contribution in [2.45, 2.75) is 25.3 Å². The Morgan fingerprint density at radius 2 is 1.89 bits per heavy atom. The molecule has 100 valence electrons. The molecular formula is C15H17NO3. The van der Waals surface area contributed by atoms with E-state index in [9.17, 15) is 9.59 Å². The minimum absolute atomic E-state index is 0.0472. The van der Waals surface area contributed by atoms with Crippen molar-refractivity contribution in [3.8, 4) is 0 Å². The summed E-state index contributed by atoms with van der Waals surface area (Å²) in [6.45, 7) is 3.26. The summed E-state index contributed by atoms with van der Waals surface area (Å²) in [4.78, 5) is 23.8. The standard InChI is InChI=1S/C15H17NO3/c1-10(17)12-9-16-15(2,14(18)19-3)13(12)11-7-5-4-6-8-11/h4-9,13,16H,1-3H3/t13-,15+/m1/s1. The molecule has 1 N–H and O–H groups in total. The van der Waals surface area contributed by atoms with Gasteiger partial charge >= 0.3 is 5.97 Å². The average molecular weight is 259 g/mol. The van der Waals surface area contributed by atoms with Gasteiger partial charge in [-0.05, 0) is 19.4 Å².